The van der Waals surface area contributed by atoms with Crippen LogP contribution in [0.5, 0.6) is 5.75 Å². The second kappa shape index (κ2) is 6.60. The van der Waals surface area contributed by atoms with Crippen LogP contribution in [0.2, 0.25) is 0 Å². The topological polar surface area (TPSA) is 65.5 Å². The average Bonchev–Trinajstić information content (AvgIpc) is 2.59. The van der Waals surface area contributed by atoms with E-state index in [1.165, 1.54) is 18.2 Å². The third-order valence-corrected chi connectivity index (χ3v) is 3.64. The summed E-state index contributed by atoms with van der Waals surface area (Å²) >= 11 is 0. The summed E-state index contributed by atoms with van der Waals surface area (Å²) < 4.78 is 48.7. The summed E-state index contributed by atoms with van der Waals surface area (Å²) in [6.45, 7) is 0.187. The number of ether oxygens (including phenoxy) is 1. The van der Waals surface area contributed by atoms with Crippen LogP contribution >= 0.6 is 0 Å². The maximum atomic E-state index is 12.5. The third-order valence-electron chi connectivity index (χ3n) is 3.64. The molecule has 4 nitrogen and oxygen atoms in total. The normalized spacial score (nSPS) is 11.7. The van der Waals surface area contributed by atoms with Crippen LogP contribution < -0.4 is 15.9 Å². The highest BCUT2D eigenvalue weighted by atomic mass is 19.4. The van der Waals surface area contributed by atoms with E-state index in [4.69, 9.17) is 14.9 Å². The molecule has 130 valence electrons. The van der Waals surface area contributed by atoms with Crippen molar-refractivity contribution in [3.8, 4) is 5.75 Å². The van der Waals surface area contributed by atoms with Crippen molar-refractivity contribution in [2.24, 2.45) is 5.73 Å². The van der Waals surface area contributed by atoms with E-state index in [1.54, 1.807) is 18.2 Å². The molecule has 25 heavy (non-hydrogen) atoms. The van der Waals surface area contributed by atoms with Gasteiger partial charge in [-0.25, -0.2) is 0 Å². The highest BCUT2D eigenvalue weighted by Crippen LogP contribution is 2.29. The number of hydrogen-bond acceptors (Lipinski definition) is 4. The van der Waals surface area contributed by atoms with Crippen molar-refractivity contribution in [1.29, 1.82) is 0 Å². The van der Waals surface area contributed by atoms with Crippen molar-refractivity contribution in [3.05, 3.63) is 75.6 Å². The van der Waals surface area contributed by atoms with Gasteiger partial charge < -0.3 is 14.9 Å². The average molecular weight is 349 g/mol. The number of nitrogens with two attached hydrogens (primary N) is 1. The summed E-state index contributed by atoms with van der Waals surface area (Å²) in [4.78, 5) is 11.9. The fourth-order valence-electron chi connectivity index (χ4n) is 2.33. The monoisotopic (exact) mass is 349 g/mol. The number of halogens is 3. The summed E-state index contributed by atoms with van der Waals surface area (Å²) in [7, 11) is 0. The number of rotatable bonds is 4. The van der Waals surface area contributed by atoms with Crippen LogP contribution in [0.4, 0.5) is 13.2 Å². The molecule has 0 unspecified atom stereocenters. The summed E-state index contributed by atoms with van der Waals surface area (Å²) in [6.07, 6.45) is -4.37. The highest BCUT2D eigenvalue weighted by molar-refractivity contribution is 5.77. The molecular weight excluding hydrogens is 335 g/mol. The zero-order valence-electron chi connectivity index (χ0n) is 13.0. The Morgan fingerprint density at radius 2 is 1.76 bits per heavy atom. The predicted octanol–water partition coefficient (Wildman–Crippen LogP) is 3.85. The first-order valence-electron chi connectivity index (χ1n) is 7.42. The van der Waals surface area contributed by atoms with Crippen LogP contribution in [0.25, 0.3) is 11.0 Å². The second-order valence-electron chi connectivity index (χ2n) is 5.42. The van der Waals surface area contributed by atoms with Crippen molar-refractivity contribution in [2.75, 3.05) is 0 Å². The molecule has 0 aliphatic rings. The number of benzene rings is 2. The molecule has 0 aliphatic carbocycles. The van der Waals surface area contributed by atoms with Crippen LogP contribution in [-0.2, 0) is 19.3 Å². The largest absolute Gasteiger partial charge is 0.489 e. The van der Waals surface area contributed by atoms with Crippen molar-refractivity contribution in [2.45, 2.75) is 19.3 Å². The summed E-state index contributed by atoms with van der Waals surface area (Å²) in [5, 5.41) is 0.402. The minimum absolute atomic E-state index is 0.0878. The highest BCUT2D eigenvalue weighted by Gasteiger charge is 2.29. The minimum atomic E-state index is -4.37. The molecule has 0 saturated heterocycles. The molecule has 0 bridgehead atoms. The van der Waals surface area contributed by atoms with Gasteiger partial charge in [-0.1, -0.05) is 12.1 Å². The maximum Gasteiger partial charge on any atom is 0.416 e. The smallest absolute Gasteiger partial charge is 0.416 e. The van der Waals surface area contributed by atoms with E-state index < -0.39 is 11.7 Å². The van der Waals surface area contributed by atoms with Gasteiger partial charge in [-0.15, -0.1) is 0 Å². The molecule has 3 rings (SSSR count). The van der Waals surface area contributed by atoms with Gasteiger partial charge in [0.05, 0.1) is 17.5 Å². The Morgan fingerprint density at radius 1 is 1.04 bits per heavy atom. The lowest BCUT2D eigenvalue weighted by molar-refractivity contribution is -0.137. The number of fused-ring (bicyclic) bond motifs is 1. The number of hydrogen-bond donors (Lipinski definition) is 1. The van der Waals surface area contributed by atoms with Gasteiger partial charge in [0, 0.05) is 12.1 Å². The van der Waals surface area contributed by atoms with Gasteiger partial charge in [0.25, 0.3) is 0 Å². The van der Waals surface area contributed by atoms with Gasteiger partial charge in [0.1, 0.15) is 23.7 Å². The Labute approximate surface area is 140 Å². The molecule has 7 heteroatoms. The Morgan fingerprint density at radius 3 is 2.40 bits per heavy atom. The fourth-order valence-corrected chi connectivity index (χ4v) is 2.33. The molecule has 0 amide bonds. The molecule has 0 saturated carbocycles. The van der Waals surface area contributed by atoms with E-state index in [1.807, 2.05) is 0 Å². The van der Waals surface area contributed by atoms with Crippen LogP contribution in [-0.4, -0.2) is 0 Å². The van der Waals surface area contributed by atoms with E-state index in [-0.39, 0.29) is 18.6 Å². The van der Waals surface area contributed by atoms with Crippen LogP contribution in [0.15, 0.2) is 57.7 Å². The Bertz CT molecular complexity index is 946. The molecule has 1 heterocycles. The zero-order valence-corrected chi connectivity index (χ0v) is 13.0. The van der Waals surface area contributed by atoms with E-state index in [0.717, 1.165) is 12.1 Å². The molecule has 0 aliphatic heterocycles. The van der Waals surface area contributed by atoms with E-state index in [0.29, 0.717) is 28.0 Å². The second-order valence-corrected chi connectivity index (χ2v) is 5.42. The molecule has 0 spiro atoms. The van der Waals surface area contributed by atoms with E-state index in [2.05, 4.69) is 0 Å². The van der Waals surface area contributed by atoms with Crippen molar-refractivity contribution < 1.29 is 22.3 Å². The molecule has 0 radical (unpaired) electrons. The van der Waals surface area contributed by atoms with Crippen LogP contribution in [0.1, 0.15) is 16.9 Å². The summed E-state index contributed by atoms with van der Waals surface area (Å²) in [6, 6.07) is 10.8. The van der Waals surface area contributed by atoms with Gasteiger partial charge >= 0.3 is 6.18 Å². The SMILES string of the molecule is NCc1cc(=O)c2ccc(OCc3ccc(C(F)(F)F)cc3)cc2o1. The lowest BCUT2D eigenvalue weighted by Crippen LogP contribution is -2.06. The molecule has 0 atom stereocenters. The summed E-state index contributed by atoms with van der Waals surface area (Å²) in [5.41, 5.74) is 5.51. The number of alkyl halides is 3. The van der Waals surface area contributed by atoms with E-state index >= 15 is 0 Å². The Kier molecular flexibility index (Phi) is 4.50. The van der Waals surface area contributed by atoms with Crippen molar-refractivity contribution in [3.63, 3.8) is 0 Å². The first kappa shape index (κ1) is 17.0. The maximum absolute atomic E-state index is 12.5. The van der Waals surface area contributed by atoms with Crippen LogP contribution in [0.3, 0.4) is 0 Å². The fraction of sp³-hybridized carbons (Fsp3) is 0.167. The molecule has 0 fully saturated rings. The molecule has 3 aromatic rings. The molecule has 2 N–H and O–H groups in total. The lowest BCUT2D eigenvalue weighted by atomic mass is 10.1. The standard InChI is InChI=1S/C18H14F3NO3/c19-18(20,21)12-3-1-11(2-4-12)10-24-13-5-6-15-16(23)7-14(9-22)25-17(15)8-13/h1-8H,9-10,22H2. The van der Waals surface area contributed by atoms with Gasteiger partial charge in [-0.2, -0.15) is 13.2 Å². The third kappa shape index (κ3) is 3.83. The first-order valence-corrected chi connectivity index (χ1v) is 7.42. The quantitative estimate of drug-likeness (QED) is 0.777. The minimum Gasteiger partial charge on any atom is -0.489 e. The summed E-state index contributed by atoms with van der Waals surface area (Å²) in [5.74, 6) is 0.794. The Hall–Kier alpha value is -2.80. The van der Waals surface area contributed by atoms with Gasteiger partial charge in [0.2, 0.25) is 0 Å². The van der Waals surface area contributed by atoms with Gasteiger partial charge in [0.15, 0.2) is 5.43 Å². The Balaban J connectivity index is 1.78. The molecular formula is C18H14F3NO3. The van der Waals surface area contributed by atoms with Crippen LogP contribution in [0, 0.1) is 0 Å². The zero-order chi connectivity index (χ0) is 18.0. The van der Waals surface area contributed by atoms with Gasteiger partial charge in [-0.3, -0.25) is 4.79 Å². The lowest BCUT2D eigenvalue weighted by Gasteiger charge is -2.09. The first-order chi connectivity index (χ1) is 11.9. The molecule has 1 aromatic heterocycles. The molecule has 2 aromatic carbocycles. The predicted molar refractivity (Wildman–Crippen MR) is 86.2 cm³/mol. The van der Waals surface area contributed by atoms with Crippen molar-refractivity contribution >= 4 is 11.0 Å². The van der Waals surface area contributed by atoms with Crippen molar-refractivity contribution in [1.82, 2.24) is 0 Å². The van der Waals surface area contributed by atoms with Gasteiger partial charge in [-0.05, 0) is 29.8 Å². The van der Waals surface area contributed by atoms with E-state index in [9.17, 15) is 18.0 Å².